The number of nitrogens with one attached hydrogen (secondary N) is 1. The smallest absolute Gasteiger partial charge is 0.202 e. The summed E-state index contributed by atoms with van der Waals surface area (Å²) in [6.45, 7) is 2.02. The van der Waals surface area contributed by atoms with E-state index in [4.69, 9.17) is 0 Å². The lowest BCUT2D eigenvalue weighted by atomic mass is 10.2. The van der Waals surface area contributed by atoms with Crippen LogP contribution in [0.15, 0.2) is 48.5 Å². The van der Waals surface area contributed by atoms with Crippen LogP contribution in [0.4, 0.5) is 0 Å². The molecule has 0 unspecified atom stereocenters. The first-order valence-electron chi connectivity index (χ1n) is 4.90. The molecule has 0 fully saturated rings. The SMILES string of the molecule is Cc1cccc(C#Cc2ccccc2)[nH+]1. The van der Waals surface area contributed by atoms with Crippen molar-refractivity contribution in [2.45, 2.75) is 6.92 Å². The third-order valence-corrected chi connectivity index (χ3v) is 2.06. The molecule has 0 bridgehead atoms. The second kappa shape index (κ2) is 4.43. The van der Waals surface area contributed by atoms with E-state index in [1.54, 1.807) is 0 Å². The minimum absolute atomic E-state index is 0.943. The first kappa shape index (κ1) is 9.48. The van der Waals surface area contributed by atoms with Crippen molar-refractivity contribution in [3.05, 3.63) is 65.5 Å². The van der Waals surface area contributed by atoms with Gasteiger partial charge in [0, 0.05) is 30.5 Å². The summed E-state index contributed by atoms with van der Waals surface area (Å²) in [5, 5.41) is 0. The van der Waals surface area contributed by atoms with Gasteiger partial charge in [-0.15, -0.1) is 0 Å². The molecule has 0 aliphatic rings. The van der Waals surface area contributed by atoms with Crippen LogP contribution in [-0.2, 0) is 0 Å². The molecule has 1 nitrogen and oxygen atoms in total. The van der Waals surface area contributed by atoms with E-state index in [-0.39, 0.29) is 0 Å². The van der Waals surface area contributed by atoms with Crippen molar-refractivity contribution in [2.75, 3.05) is 0 Å². The van der Waals surface area contributed by atoms with Gasteiger partial charge in [-0.2, -0.15) is 0 Å². The lowest BCUT2D eigenvalue weighted by molar-refractivity contribution is -0.391. The Morgan fingerprint density at radius 1 is 0.867 bits per heavy atom. The standard InChI is InChI=1S/C14H11N/c1-12-6-5-9-14(15-12)11-10-13-7-3-2-4-8-13/h2-9H,1H3/p+1. The predicted octanol–water partition coefficient (Wildman–Crippen LogP) is 2.21. The van der Waals surface area contributed by atoms with Crippen molar-refractivity contribution in [3.8, 4) is 11.8 Å². The average molecular weight is 194 g/mol. The van der Waals surface area contributed by atoms with E-state index in [1.807, 2.05) is 55.5 Å². The Morgan fingerprint density at radius 2 is 1.67 bits per heavy atom. The fourth-order valence-corrected chi connectivity index (χ4v) is 1.32. The highest BCUT2D eigenvalue weighted by molar-refractivity contribution is 5.38. The summed E-state index contributed by atoms with van der Waals surface area (Å²) in [6, 6.07) is 16.0. The number of H-pyrrole nitrogens is 1. The van der Waals surface area contributed by atoms with Crippen LogP contribution in [0.5, 0.6) is 0 Å². The van der Waals surface area contributed by atoms with Gasteiger partial charge in [0.05, 0.1) is 0 Å². The van der Waals surface area contributed by atoms with E-state index in [0.717, 1.165) is 17.0 Å². The molecule has 1 heteroatoms. The molecule has 0 radical (unpaired) electrons. The highest BCUT2D eigenvalue weighted by atomic mass is 14.7. The molecule has 0 saturated heterocycles. The molecule has 1 N–H and O–H groups in total. The molecule has 0 spiro atoms. The number of hydrogen-bond acceptors (Lipinski definition) is 0. The maximum Gasteiger partial charge on any atom is 0.255 e. The van der Waals surface area contributed by atoms with Gasteiger partial charge < -0.3 is 0 Å². The minimum Gasteiger partial charge on any atom is -0.202 e. The molecule has 0 amide bonds. The van der Waals surface area contributed by atoms with Gasteiger partial charge in [0.15, 0.2) is 5.69 Å². The minimum atomic E-state index is 0.943. The third-order valence-electron chi connectivity index (χ3n) is 2.06. The molecule has 0 saturated carbocycles. The monoisotopic (exact) mass is 194 g/mol. The van der Waals surface area contributed by atoms with Gasteiger partial charge in [-0.25, -0.2) is 4.98 Å². The topological polar surface area (TPSA) is 14.1 Å². The fraction of sp³-hybridized carbons (Fsp3) is 0.0714. The lowest BCUT2D eigenvalue weighted by Crippen LogP contribution is -2.11. The first-order chi connectivity index (χ1) is 7.34. The van der Waals surface area contributed by atoms with Gasteiger partial charge in [-0.3, -0.25) is 0 Å². The first-order valence-corrected chi connectivity index (χ1v) is 4.90. The molecule has 2 aromatic rings. The summed E-state index contributed by atoms with van der Waals surface area (Å²) in [5.74, 6) is 6.20. The third kappa shape index (κ3) is 2.69. The van der Waals surface area contributed by atoms with Crippen molar-refractivity contribution >= 4 is 0 Å². The van der Waals surface area contributed by atoms with Crippen LogP contribution in [0.2, 0.25) is 0 Å². The molecule has 0 aliphatic heterocycles. The van der Waals surface area contributed by atoms with Crippen molar-refractivity contribution in [3.63, 3.8) is 0 Å². The Hall–Kier alpha value is -2.07. The summed E-state index contributed by atoms with van der Waals surface area (Å²) in [5.41, 5.74) is 3.10. The molecule has 15 heavy (non-hydrogen) atoms. The zero-order chi connectivity index (χ0) is 10.5. The highest BCUT2D eigenvalue weighted by Crippen LogP contribution is 1.96. The molecule has 0 atom stereocenters. The van der Waals surface area contributed by atoms with Gasteiger partial charge in [0.2, 0.25) is 0 Å². The number of aryl methyl sites for hydroxylation is 1. The Morgan fingerprint density at radius 3 is 2.40 bits per heavy atom. The van der Waals surface area contributed by atoms with Crippen molar-refractivity contribution in [1.29, 1.82) is 0 Å². The molecule has 0 aliphatic carbocycles. The van der Waals surface area contributed by atoms with Crippen LogP contribution in [0.3, 0.4) is 0 Å². The summed E-state index contributed by atoms with van der Waals surface area (Å²) in [4.78, 5) is 3.20. The zero-order valence-electron chi connectivity index (χ0n) is 8.62. The zero-order valence-corrected chi connectivity index (χ0v) is 8.62. The van der Waals surface area contributed by atoms with Gasteiger partial charge in [-0.05, 0) is 18.2 Å². The van der Waals surface area contributed by atoms with Crippen LogP contribution in [0, 0.1) is 18.8 Å². The van der Waals surface area contributed by atoms with Crippen molar-refractivity contribution < 1.29 is 4.98 Å². The number of rotatable bonds is 0. The van der Waals surface area contributed by atoms with Gasteiger partial charge in [0.25, 0.3) is 5.69 Å². The van der Waals surface area contributed by atoms with E-state index in [2.05, 4.69) is 16.8 Å². The van der Waals surface area contributed by atoms with Gasteiger partial charge in [-0.1, -0.05) is 24.1 Å². The van der Waals surface area contributed by atoms with Crippen LogP contribution in [-0.4, -0.2) is 0 Å². The van der Waals surface area contributed by atoms with Crippen LogP contribution >= 0.6 is 0 Å². The predicted molar refractivity (Wildman–Crippen MR) is 60.2 cm³/mol. The number of benzene rings is 1. The highest BCUT2D eigenvalue weighted by Gasteiger charge is 1.95. The van der Waals surface area contributed by atoms with Gasteiger partial charge >= 0.3 is 0 Å². The van der Waals surface area contributed by atoms with E-state index in [9.17, 15) is 0 Å². The quantitative estimate of drug-likeness (QED) is 0.571. The largest absolute Gasteiger partial charge is 0.255 e. The maximum atomic E-state index is 3.20. The van der Waals surface area contributed by atoms with Crippen molar-refractivity contribution in [1.82, 2.24) is 0 Å². The Kier molecular flexibility index (Phi) is 2.80. The average Bonchev–Trinajstić information content (AvgIpc) is 2.28. The second-order valence-electron chi connectivity index (χ2n) is 3.36. The van der Waals surface area contributed by atoms with Crippen molar-refractivity contribution in [2.24, 2.45) is 0 Å². The van der Waals surface area contributed by atoms with E-state index in [1.165, 1.54) is 0 Å². The summed E-state index contributed by atoms with van der Waals surface area (Å²) in [6.07, 6.45) is 0. The number of pyridine rings is 1. The molecular weight excluding hydrogens is 182 g/mol. The van der Waals surface area contributed by atoms with Crippen LogP contribution in [0.1, 0.15) is 17.0 Å². The summed E-state index contributed by atoms with van der Waals surface area (Å²) >= 11 is 0. The Balaban J connectivity index is 2.26. The molecule has 1 heterocycles. The van der Waals surface area contributed by atoms with Gasteiger partial charge in [0.1, 0.15) is 0 Å². The maximum absolute atomic E-state index is 3.20. The molecular formula is C14H12N+. The van der Waals surface area contributed by atoms with Crippen LogP contribution in [0.25, 0.3) is 0 Å². The second-order valence-corrected chi connectivity index (χ2v) is 3.36. The molecule has 1 aromatic carbocycles. The molecule has 72 valence electrons. The Bertz CT molecular complexity index is 504. The number of hydrogen-bond donors (Lipinski definition) is 0. The summed E-state index contributed by atoms with van der Waals surface area (Å²) < 4.78 is 0. The van der Waals surface area contributed by atoms with Crippen LogP contribution < -0.4 is 4.98 Å². The normalized spacial score (nSPS) is 9.13. The number of aromatic amines is 1. The summed E-state index contributed by atoms with van der Waals surface area (Å²) in [7, 11) is 0. The lowest BCUT2D eigenvalue weighted by Gasteiger charge is -1.86. The van der Waals surface area contributed by atoms with E-state index >= 15 is 0 Å². The number of aromatic nitrogens is 1. The fourth-order valence-electron chi connectivity index (χ4n) is 1.32. The molecule has 2 rings (SSSR count). The van der Waals surface area contributed by atoms with E-state index < -0.39 is 0 Å². The Labute approximate surface area is 89.8 Å². The van der Waals surface area contributed by atoms with E-state index in [0.29, 0.717) is 0 Å². The molecule has 1 aromatic heterocycles.